The Morgan fingerprint density at radius 3 is 1.71 bits per heavy atom. The topological polar surface area (TPSA) is 336 Å². The van der Waals surface area contributed by atoms with Gasteiger partial charge in [0.2, 0.25) is 47.3 Å². The minimum absolute atomic E-state index is 0.0167. The van der Waals surface area contributed by atoms with Crippen LogP contribution in [0, 0.1) is 35.5 Å². The van der Waals surface area contributed by atoms with Crippen molar-refractivity contribution < 1.29 is 72.5 Å². The van der Waals surface area contributed by atoms with E-state index in [4.69, 9.17) is 5.11 Å². The van der Waals surface area contributed by atoms with Gasteiger partial charge in [0, 0.05) is 86.3 Å². The standard InChI is InChI=1S/C67H116N12O15S/c1-23-25-27-43(13)56(84)55-57(85)70-46(24-2)59(87)74(18)50(36-95-31-30-68-51(81)28-26-29-52(82)83)62(90)78(22)67(37-80,35-40(7)8)71-53(41(9)10)64(92)73(17)49-34-44(14)79(63(49)91)58(86)45(15)69-66(94)75(19)48(33-39(5)6)60(88)72(16)47(32-38(3)4)61(89)76(20)54(42(11)12)65(93)77(55)21/h23,25,37-50,53-56,71,84H,24,26-36H2,1-22H3,(H,68,81)(H,69,94)(H,70,85)(H,82,83)/b25-23+/t43-,44?,45?,46+,47-,48?,49-,50-,53-,54-,55-,56-,67-/m1/s1. The van der Waals surface area contributed by atoms with Gasteiger partial charge in [-0.15, -0.1) is 0 Å². The van der Waals surface area contributed by atoms with E-state index in [1.807, 2.05) is 27.7 Å². The van der Waals surface area contributed by atoms with Crippen molar-refractivity contribution in [3.63, 3.8) is 0 Å². The highest BCUT2D eigenvalue weighted by Gasteiger charge is 2.51. The van der Waals surface area contributed by atoms with E-state index in [1.165, 1.54) is 71.0 Å². The summed E-state index contributed by atoms with van der Waals surface area (Å²) in [6, 6.07) is -13.7. The third-order valence-electron chi connectivity index (χ3n) is 18.1. The number of carboxylic acid groups (broad SMARTS) is 1. The minimum atomic E-state index is -1.98. The molecule has 540 valence electrons. The Morgan fingerprint density at radius 1 is 0.653 bits per heavy atom. The highest BCUT2D eigenvalue weighted by Crippen LogP contribution is 2.30. The number of nitrogens with one attached hydrogen (secondary N) is 4. The van der Waals surface area contributed by atoms with Crippen molar-refractivity contribution in [2.24, 2.45) is 35.5 Å². The van der Waals surface area contributed by atoms with Gasteiger partial charge >= 0.3 is 12.0 Å². The first-order valence-electron chi connectivity index (χ1n) is 33.5. The number of aldehydes is 1. The highest BCUT2D eigenvalue weighted by atomic mass is 32.2. The number of hydrogen-bond acceptors (Lipinski definition) is 16. The number of thioether (sulfide) groups is 1. The smallest absolute Gasteiger partial charge is 0.318 e. The summed E-state index contributed by atoms with van der Waals surface area (Å²) in [5.74, 6) is -10.8. The molecule has 0 saturated carbocycles. The number of carboxylic acids is 1. The predicted octanol–water partition coefficient (Wildman–Crippen LogP) is 3.41. The molecule has 3 unspecified atom stereocenters. The number of fused-ring (bicyclic) bond motifs is 2. The van der Waals surface area contributed by atoms with Crippen molar-refractivity contribution in [1.29, 1.82) is 0 Å². The van der Waals surface area contributed by atoms with Gasteiger partial charge in [0.25, 0.3) is 11.8 Å². The number of aliphatic carboxylic acids is 1. The maximum absolute atomic E-state index is 15.6. The van der Waals surface area contributed by atoms with E-state index in [9.17, 15) is 33.9 Å². The number of likely N-dealkylation sites (N-methyl/N-ethyl adjacent to an activating group) is 7. The first kappa shape index (κ1) is 84.4. The third-order valence-corrected chi connectivity index (χ3v) is 19.2. The van der Waals surface area contributed by atoms with Crippen molar-refractivity contribution in [3.05, 3.63) is 12.2 Å². The SMILES string of the molecule is C/C=C/C[C@@H](C)[C@@H](O)[C@@H]1C(=O)N[C@@H](CC)C(=O)N(C)[C@H](CSCCNC(=O)CCCC(=O)O)C(=O)N(C)[C@@](C=O)(CC(C)C)N[C@H](C(C)C)C(=O)N(C)[C@@H]2CC(C)N(C(=O)C(C)NC(=O)N(C)C(CC(C)C)C(=O)N(C)[C@H](CC(C)C)C(=O)N(C)[C@H](C(C)C)C(=O)N1C)C2=O. The molecule has 0 aromatic rings. The molecule has 13 atom stereocenters. The lowest BCUT2D eigenvalue weighted by Crippen LogP contribution is -2.69. The Hall–Kier alpha value is -6.68. The van der Waals surface area contributed by atoms with Gasteiger partial charge in [-0.3, -0.25) is 67.8 Å². The molecule has 0 aliphatic carbocycles. The second kappa shape index (κ2) is 38.3. The number of amides is 12. The average Bonchev–Trinajstić information content (AvgIpc) is 1.78. The van der Waals surface area contributed by atoms with Crippen LogP contribution >= 0.6 is 11.8 Å². The molecule has 2 aliphatic rings. The van der Waals surface area contributed by atoms with Crippen molar-refractivity contribution in [3.8, 4) is 0 Å². The minimum Gasteiger partial charge on any atom is -0.481 e. The van der Waals surface area contributed by atoms with Gasteiger partial charge in [0.15, 0.2) is 11.9 Å². The van der Waals surface area contributed by atoms with Crippen LogP contribution in [0.1, 0.15) is 162 Å². The zero-order chi connectivity index (χ0) is 73.0. The monoisotopic (exact) mass is 1360 g/mol. The molecule has 0 radical (unpaired) electrons. The fourth-order valence-electron chi connectivity index (χ4n) is 12.3. The van der Waals surface area contributed by atoms with Gasteiger partial charge < -0.3 is 60.5 Å². The van der Waals surface area contributed by atoms with Gasteiger partial charge in [0.1, 0.15) is 48.3 Å². The van der Waals surface area contributed by atoms with Crippen LogP contribution in [0.25, 0.3) is 0 Å². The number of carbonyl (C=O) groups excluding carboxylic acids is 12. The number of urea groups is 1. The number of imide groups is 1. The Balaban J connectivity index is 3.13. The summed E-state index contributed by atoms with van der Waals surface area (Å²) in [4.78, 5) is 197. The first-order chi connectivity index (χ1) is 44.1. The van der Waals surface area contributed by atoms with Crippen LogP contribution < -0.4 is 21.3 Å². The molecule has 2 rings (SSSR count). The van der Waals surface area contributed by atoms with E-state index >= 15 is 33.6 Å². The third kappa shape index (κ3) is 22.4. The van der Waals surface area contributed by atoms with E-state index in [1.54, 1.807) is 81.4 Å². The lowest BCUT2D eigenvalue weighted by Gasteiger charge is -2.45. The summed E-state index contributed by atoms with van der Waals surface area (Å²) in [6.07, 6.45) is 2.63. The average molecular weight is 1360 g/mol. The van der Waals surface area contributed by atoms with Gasteiger partial charge in [0.05, 0.1) is 12.1 Å². The zero-order valence-corrected chi connectivity index (χ0v) is 61.5. The molecule has 27 nitrogen and oxygen atoms in total. The molecule has 0 aromatic heterocycles. The summed E-state index contributed by atoms with van der Waals surface area (Å²) in [7, 11) is 9.66. The number of allylic oxidation sites excluding steroid dienone is 2. The van der Waals surface area contributed by atoms with Crippen LogP contribution in [-0.4, -0.2) is 266 Å². The van der Waals surface area contributed by atoms with E-state index in [-0.39, 0.29) is 93.6 Å². The quantitative estimate of drug-likeness (QED) is 0.0369. The summed E-state index contributed by atoms with van der Waals surface area (Å²) >= 11 is 1.16. The van der Waals surface area contributed by atoms with Crippen LogP contribution in [0.15, 0.2) is 12.2 Å². The van der Waals surface area contributed by atoms with Crippen molar-refractivity contribution in [2.45, 2.75) is 234 Å². The predicted molar refractivity (Wildman–Crippen MR) is 363 cm³/mol. The van der Waals surface area contributed by atoms with E-state index < -0.39 is 161 Å². The number of aliphatic hydroxyl groups excluding tert-OH is 1. The summed E-state index contributed by atoms with van der Waals surface area (Å²) in [5, 5.41) is 32.8. The Morgan fingerprint density at radius 2 is 1.20 bits per heavy atom. The highest BCUT2D eigenvalue weighted by molar-refractivity contribution is 7.99. The molecule has 28 heteroatoms. The largest absolute Gasteiger partial charge is 0.481 e. The van der Waals surface area contributed by atoms with Crippen LogP contribution in [0.4, 0.5) is 4.79 Å². The van der Waals surface area contributed by atoms with Crippen LogP contribution in [-0.2, 0) is 57.5 Å². The van der Waals surface area contributed by atoms with Gasteiger partial charge in [-0.1, -0.05) is 95.2 Å². The van der Waals surface area contributed by atoms with Crippen LogP contribution in [0.2, 0.25) is 0 Å². The van der Waals surface area contributed by atoms with Crippen LogP contribution in [0.3, 0.4) is 0 Å². The van der Waals surface area contributed by atoms with Crippen molar-refractivity contribution in [2.75, 3.05) is 67.4 Å². The number of nitrogens with zero attached hydrogens (tertiary/aromatic N) is 8. The summed E-state index contributed by atoms with van der Waals surface area (Å²) < 4.78 is 0. The lowest BCUT2D eigenvalue weighted by atomic mass is 9.91. The summed E-state index contributed by atoms with van der Waals surface area (Å²) in [5.41, 5.74) is -1.98. The Bertz CT molecular complexity index is 2710. The fourth-order valence-corrected chi connectivity index (χ4v) is 13.3. The summed E-state index contributed by atoms with van der Waals surface area (Å²) in [6.45, 7) is 26.0. The molecule has 6 N–H and O–H groups in total. The van der Waals surface area contributed by atoms with Gasteiger partial charge in [-0.05, 0) is 101 Å². The Labute approximate surface area is 568 Å². The van der Waals surface area contributed by atoms with Crippen LogP contribution in [0.5, 0.6) is 0 Å². The number of carbonyl (C=O) groups is 13. The second-order valence-corrected chi connectivity index (χ2v) is 29.1. The first-order valence-corrected chi connectivity index (χ1v) is 34.7. The zero-order valence-electron chi connectivity index (χ0n) is 60.7. The number of rotatable bonds is 23. The molecule has 2 saturated heterocycles. The lowest BCUT2D eigenvalue weighted by molar-refractivity contribution is -0.157. The molecule has 2 bridgehead atoms. The second-order valence-electron chi connectivity index (χ2n) is 27.9. The molecular weight excluding hydrogens is 1240 g/mol. The van der Waals surface area contributed by atoms with Crippen molar-refractivity contribution in [1.82, 2.24) is 60.5 Å². The normalized spacial score (nSPS) is 27.0. The van der Waals surface area contributed by atoms with Gasteiger partial charge in [-0.25, -0.2) is 4.79 Å². The van der Waals surface area contributed by atoms with Crippen molar-refractivity contribution >= 4 is 89.1 Å². The molecule has 0 spiro atoms. The molecule has 12 amide bonds. The van der Waals surface area contributed by atoms with E-state index in [2.05, 4.69) is 21.3 Å². The number of aliphatic hydroxyl groups is 1. The maximum Gasteiger partial charge on any atom is 0.318 e. The van der Waals surface area contributed by atoms with E-state index in [0.29, 0.717) is 6.29 Å². The number of hydrogen-bond donors (Lipinski definition) is 6. The van der Waals surface area contributed by atoms with Gasteiger partial charge in [-0.2, -0.15) is 11.8 Å². The fraction of sp³-hybridized carbons (Fsp3) is 0.776. The molecule has 2 fully saturated rings. The maximum atomic E-state index is 15.6. The Kier molecular flexibility index (Phi) is 34.0. The molecular formula is C67H116N12O15S. The molecule has 0 aromatic carbocycles. The van der Waals surface area contributed by atoms with E-state index in [0.717, 1.165) is 36.3 Å². The molecule has 2 heterocycles. The molecule has 95 heavy (non-hydrogen) atoms. The molecule has 2 aliphatic heterocycles.